The maximum Gasteiger partial charge on any atom is 0.250 e. The zero-order chi connectivity index (χ0) is 14.5. The van der Waals surface area contributed by atoms with Crippen LogP contribution in [0.4, 0.5) is 10.1 Å². The largest absolute Gasteiger partial charge is 0.392 e. The van der Waals surface area contributed by atoms with Gasteiger partial charge in [-0.2, -0.15) is 0 Å². The Morgan fingerprint density at radius 2 is 2.40 bits per heavy atom. The zero-order valence-corrected chi connectivity index (χ0v) is 11.4. The van der Waals surface area contributed by atoms with Crippen LogP contribution in [0.1, 0.15) is 12.0 Å². The molecule has 1 fully saturated rings. The highest BCUT2D eigenvalue weighted by Crippen LogP contribution is 2.19. The second-order valence-electron chi connectivity index (χ2n) is 4.97. The van der Waals surface area contributed by atoms with Crippen molar-refractivity contribution in [2.24, 2.45) is 0 Å². The molecule has 1 amide bonds. The summed E-state index contributed by atoms with van der Waals surface area (Å²) in [7, 11) is 1.41. The molecule has 1 aliphatic heterocycles. The number of β-amino-alcohol motifs (C(OH)–C–C–N with tert-alkyl or cyclic N) is 1. The van der Waals surface area contributed by atoms with E-state index in [1.807, 2.05) is 0 Å². The first-order valence-corrected chi connectivity index (χ1v) is 6.56. The number of nitrogens with zero attached hydrogens (tertiary/aromatic N) is 1. The number of benzene rings is 1. The van der Waals surface area contributed by atoms with Crippen LogP contribution in [0.15, 0.2) is 18.2 Å². The zero-order valence-electron chi connectivity index (χ0n) is 11.4. The number of nitrogens with one attached hydrogen (secondary N) is 1. The fourth-order valence-electron chi connectivity index (χ4n) is 2.29. The highest BCUT2D eigenvalue weighted by atomic mass is 19.1. The van der Waals surface area contributed by atoms with Crippen LogP contribution in [-0.2, 0) is 16.1 Å². The van der Waals surface area contributed by atoms with Crippen molar-refractivity contribution in [2.45, 2.75) is 19.1 Å². The Morgan fingerprint density at radius 1 is 1.60 bits per heavy atom. The maximum absolute atomic E-state index is 13.9. The van der Waals surface area contributed by atoms with Crippen molar-refractivity contribution in [2.75, 3.05) is 32.1 Å². The normalized spacial score (nSPS) is 19.2. The highest BCUT2D eigenvalue weighted by molar-refractivity contribution is 5.91. The number of likely N-dealkylation sites (tertiary alicyclic amines) is 1. The van der Waals surface area contributed by atoms with E-state index in [-0.39, 0.29) is 24.3 Å². The molecule has 0 bridgehead atoms. The predicted molar refractivity (Wildman–Crippen MR) is 72.8 cm³/mol. The van der Waals surface area contributed by atoms with Gasteiger partial charge in [-0.3, -0.25) is 9.69 Å². The molecule has 2 N–H and O–H groups in total. The van der Waals surface area contributed by atoms with Crippen LogP contribution >= 0.6 is 0 Å². The van der Waals surface area contributed by atoms with Crippen molar-refractivity contribution >= 4 is 11.6 Å². The molecule has 1 aromatic carbocycles. The van der Waals surface area contributed by atoms with Crippen molar-refractivity contribution in [1.29, 1.82) is 0 Å². The predicted octanol–water partition coefficient (Wildman–Crippen LogP) is 0.977. The number of anilines is 1. The summed E-state index contributed by atoms with van der Waals surface area (Å²) in [6.07, 6.45) is 0.473. The first kappa shape index (κ1) is 14.9. The third-order valence-corrected chi connectivity index (χ3v) is 3.24. The number of carbonyl (C=O) groups is 1. The van der Waals surface area contributed by atoms with E-state index in [1.54, 1.807) is 12.1 Å². The number of aliphatic hydroxyl groups excluding tert-OH is 1. The minimum absolute atomic E-state index is 0.104. The van der Waals surface area contributed by atoms with Gasteiger partial charge in [0.15, 0.2) is 0 Å². The summed E-state index contributed by atoms with van der Waals surface area (Å²) in [5, 5.41) is 11.9. The molecule has 1 saturated heterocycles. The molecule has 110 valence electrons. The third kappa shape index (κ3) is 4.00. The van der Waals surface area contributed by atoms with Gasteiger partial charge in [-0.15, -0.1) is 0 Å². The summed E-state index contributed by atoms with van der Waals surface area (Å²) in [5.74, 6) is -0.853. The smallest absolute Gasteiger partial charge is 0.250 e. The van der Waals surface area contributed by atoms with Gasteiger partial charge in [-0.1, -0.05) is 6.07 Å². The van der Waals surface area contributed by atoms with Crippen molar-refractivity contribution < 1.29 is 19.0 Å². The van der Waals surface area contributed by atoms with Crippen LogP contribution in [-0.4, -0.2) is 48.8 Å². The molecule has 1 aromatic rings. The van der Waals surface area contributed by atoms with E-state index in [2.05, 4.69) is 15.0 Å². The first-order chi connectivity index (χ1) is 9.58. The molecule has 1 atom stereocenters. The Morgan fingerprint density at radius 3 is 3.00 bits per heavy atom. The Hall–Kier alpha value is -1.50. The molecular formula is C14H19FN2O3. The molecule has 0 radical (unpaired) electrons. The van der Waals surface area contributed by atoms with Gasteiger partial charge in [0, 0.05) is 26.7 Å². The summed E-state index contributed by atoms with van der Waals surface area (Å²) in [6.45, 7) is 1.93. The summed E-state index contributed by atoms with van der Waals surface area (Å²) in [5.41, 5.74) is 0.971. The number of halogens is 1. The van der Waals surface area contributed by atoms with E-state index < -0.39 is 5.82 Å². The standard InChI is InChI=1S/C14H19FN2O3/c1-20-9-14(19)16-13-3-2-10(6-12(13)15)7-17-5-4-11(18)8-17/h2-3,6,11,18H,4-5,7-9H2,1H3,(H,16,19)/t11-/m0/s1. The minimum atomic E-state index is -0.466. The molecule has 1 heterocycles. The topological polar surface area (TPSA) is 61.8 Å². The second-order valence-corrected chi connectivity index (χ2v) is 4.97. The van der Waals surface area contributed by atoms with Gasteiger partial charge in [0.05, 0.1) is 11.8 Å². The SMILES string of the molecule is COCC(=O)Nc1ccc(CN2CC[C@H](O)C2)cc1F. The number of methoxy groups -OCH3 is 1. The molecule has 0 unspecified atom stereocenters. The fraction of sp³-hybridized carbons (Fsp3) is 0.500. The third-order valence-electron chi connectivity index (χ3n) is 3.24. The van der Waals surface area contributed by atoms with E-state index in [9.17, 15) is 14.3 Å². The lowest BCUT2D eigenvalue weighted by molar-refractivity contribution is -0.119. The van der Waals surface area contributed by atoms with E-state index in [1.165, 1.54) is 13.2 Å². The Labute approximate surface area is 117 Å². The van der Waals surface area contributed by atoms with E-state index >= 15 is 0 Å². The van der Waals surface area contributed by atoms with E-state index in [0.29, 0.717) is 13.1 Å². The minimum Gasteiger partial charge on any atom is -0.392 e. The van der Waals surface area contributed by atoms with Crippen LogP contribution < -0.4 is 5.32 Å². The van der Waals surface area contributed by atoms with Crippen molar-refractivity contribution in [3.8, 4) is 0 Å². The van der Waals surface area contributed by atoms with Crippen LogP contribution in [0.2, 0.25) is 0 Å². The van der Waals surface area contributed by atoms with E-state index in [0.717, 1.165) is 18.5 Å². The van der Waals surface area contributed by atoms with Gasteiger partial charge in [-0.05, 0) is 24.1 Å². The van der Waals surface area contributed by atoms with E-state index in [4.69, 9.17) is 0 Å². The van der Waals surface area contributed by atoms with Crippen molar-refractivity contribution in [3.05, 3.63) is 29.6 Å². The average Bonchev–Trinajstić information content (AvgIpc) is 2.78. The highest BCUT2D eigenvalue weighted by Gasteiger charge is 2.20. The van der Waals surface area contributed by atoms with Crippen LogP contribution in [0.3, 0.4) is 0 Å². The molecule has 6 heteroatoms. The summed E-state index contributed by atoms with van der Waals surface area (Å²) in [4.78, 5) is 13.4. The number of hydrogen-bond donors (Lipinski definition) is 2. The second kappa shape index (κ2) is 6.78. The molecule has 0 spiro atoms. The lowest BCUT2D eigenvalue weighted by Gasteiger charge is -2.15. The molecule has 0 aliphatic carbocycles. The van der Waals surface area contributed by atoms with Crippen molar-refractivity contribution in [1.82, 2.24) is 4.90 Å². The molecule has 5 nitrogen and oxygen atoms in total. The van der Waals surface area contributed by atoms with Gasteiger partial charge in [0.25, 0.3) is 0 Å². The lowest BCUT2D eigenvalue weighted by atomic mass is 10.2. The van der Waals surface area contributed by atoms with Crippen LogP contribution in [0, 0.1) is 5.82 Å². The molecule has 1 aliphatic rings. The molecule has 0 saturated carbocycles. The Kier molecular flexibility index (Phi) is 5.05. The Bertz CT molecular complexity index is 481. The number of rotatable bonds is 5. The molecule has 20 heavy (non-hydrogen) atoms. The number of hydrogen-bond acceptors (Lipinski definition) is 4. The molecular weight excluding hydrogens is 263 g/mol. The van der Waals surface area contributed by atoms with Crippen LogP contribution in [0.5, 0.6) is 0 Å². The molecule has 0 aromatic heterocycles. The molecule has 2 rings (SSSR count). The van der Waals surface area contributed by atoms with Gasteiger partial charge in [-0.25, -0.2) is 4.39 Å². The van der Waals surface area contributed by atoms with Gasteiger partial charge < -0.3 is 15.2 Å². The quantitative estimate of drug-likeness (QED) is 0.845. The summed E-state index contributed by atoms with van der Waals surface area (Å²) in [6, 6.07) is 4.73. The summed E-state index contributed by atoms with van der Waals surface area (Å²) < 4.78 is 18.6. The summed E-state index contributed by atoms with van der Waals surface area (Å²) >= 11 is 0. The lowest BCUT2D eigenvalue weighted by Crippen LogP contribution is -2.22. The number of aliphatic hydroxyl groups is 1. The monoisotopic (exact) mass is 282 g/mol. The maximum atomic E-state index is 13.9. The van der Waals surface area contributed by atoms with Gasteiger partial charge >= 0.3 is 0 Å². The number of ether oxygens (including phenoxy) is 1. The van der Waals surface area contributed by atoms with Crippen molar-refractivity contribution in [3.63, 3.8) is 0 Å². The average molecular weight is 282 g/mol. The van der Waals surface area contributed by atoms with Crippen LogP contribution in [0.25, 0.3) is 0 Å². The number of carbonyl (C=O) groups excluding carboxylic acids is 1. The fourth-order valence-corrected chi connectivity index (χ4v) is 2.29. The van der Waals surface area contributed by atoms with Gasteiger partial charge in [0.2, 0.25) is 5.91 Å². The Balaban J connectivity index is 1.96. The number of amides is 1. The first-order valence-electron chi connectivity index (χ1n) is 6.56. The van der Waals surface area contributed by atoms with Gasteiger partial charge in [0.1, 0.15) is 12.4 Å².